The molecule has 0 heterocycles. The number of benzene rings is 2. The van der Waals surface area contributed by atoms with Crippen LogP contribution < -0.4 is 4.90 Å². The molecule has 4 rings (SSSR count). The maximum atomic E-state index is 11.7. The third-order valence-corrected chi connectivity index (χ3v) is 6.92. The monoisotopic (exact) mass is 367 g/mol. The molecule has 0 aromatic heterocycles. The van der Waals surface area contributed by atoms with Crippen molar-refractivity contribution in [2.45, 2.75) is 30.6 Å². The molecule has 1 spiro atoms. The summed E-state index contributed by atoms with van der Waals surface area (Å²) in [5, 5.41) is 0. The van der Waals surface area contributed by atoms with Gasteiger partial charge in [-0.3, -0.25) is 0 Å². The third kappa shape index (κ3) is 3.18. The average Bonchev–Trinajstić information content (AvgIpc) is 3.25. The fraction of sp³-hybridized carbons (Fsp3) is 0.364. The minimum atomic E-state index is -3.15. The van der Waals surface area contributed by atoms with Crippen LogP contribution in [-0.4, -0.2) is 28.8 Å². The van der Waals surface area contributed by atoms with Gasteiger partial charge >= 0.3 is 0 Å². The van der Waals surface area contributed by atoms with Gasteiger partial charge in [0.2, 0.25) is 0 Å². The van der Waals surface area contributed by atoms with Crippen molar-refractivity contribution >= 4 is 26.7 Å². The molecule has 26 heavy (non-hydrogen) atoms. The van der Waals surface area contributed by atoms with E-state index in [4.69, 9.17) is 0 Å². The molecular weight excluding hydrogens is 342 g/mol. The van der Waals surface area contributed by atoms with Crippen molar-refractivity contribution in [3.63, 3.8) is 0 Å². The van der Waals surface area contributed by atoms with Gasteiger partial charge in [-0.2, -0.15) is 0 Å². The summed E-state index contributed by atoms with van der Waals surface area (Å²) in [7, 11) is 0.954. The molecule has 2 aromatic rings. The quantitative estimate of drug-likeness (QED) is 0.790. The highest BCUT2D eigenvalue weighted by Gasteiger charge is 2.48. The zero-order valence-electron chi connectivity index (χ0n) is 15.6. The maximum Gasteiger partial charge on any atom is 0.175 e. The fourth-order valence-corrected chi connectivity index (χ4v) is 4.60. The molecule has 4 heteroatoms. The van der Waals surface area contributed by atoms with Gasteiger partial charge in [0.1, 0.15) is 0 Å². The number of nitrogens with zero attached hydrogens (tertiary/aromatic N) is 1. The van der Waals surface area contributed by atoms with Gasteiger partial charge in [0.25, 0.3) is 0 Å². The van der Waals surface area contributed by atoms with E-state index >= 15 is 0 Å². The molecule has 0 atom stereocenters. The summed E-state index contributed by atoms with van der Waals surface area (Å²) in [6, 6.07) is 16.2. The Morgan fingerprint density at radius 1 is 0.808 bits per heavy atom. The van der Waals surface area contributed by atoms with Gasteiger partial charge in [-0.15, -0.1) is 0 Å². The molecule has 0 N–H and O–H groups in total. The predicted molar refractivity (Wildman–Crippen MR) is 108 cm³/mol. The molecule has 0 unspecified atom stereocenters. The van der Waals surface area contributed by atoms with E-state index in [-0.39, 0.29) is 0 Å². The zero-order chi connectivity index (χ0) is 18.5. The van der Waals surface area contributed by atoms with Crippen molar-refractivity contribution in [2.75, 3.05) is 25.3 Å². The molecule has 2 aromatic carbocycles. The number of hydrogen-bond donors (Lipinski definition) is 0. The van der Waals surface area contributed by atoms with E-state index in [1.54, 1.807) is 12.1 Å². The van der Waals surface area contributed by atoms with Crippen LogP contribution in [0.25, 0.3) is 11.1 Å². The Morgan fingerprint density at radius 3 is 1.65 bits per heavy atom. The van der Waals surface area contributed by atoms with E-state index in [2.05, 4.69) is 43.3 Å². The molecule has 0 amide bonds. The first-order valence-corrected chi connectivity index (χ1v) is 11.0. The predicted octanol–water partition coefficient (Wildman–Crippen LogP) is 4.64. The lowest BCUT2D eigenvalue weighted by molar-refractivity contribution is 0.568. The van der Waals surface area contributed by atoms with Gasteiger partial charge in [0, 0.05) is 26.0 Å². The van der Waals surface area contributed by atoms with Crippen LogP contribution in [0.4, 0.5) is 5.69 Å². The topological polar surface area (TPSA) is 37.4 Å². The van der Waals surface area contributed by atoms with Gasteiger partial charge in [-0.25, -0.2) is 8.42 Å². The van der Waals surface area contributed by atoms with E-state index in [9.17, 15) is 8.42 Å². The van der Waals surface area contributed by atoms with Crippen LogP contribution in [-0.2, 0) is 9.84 Å². The molecule has 0 aliphatic heterocycles. The number of anilines is 1. The molecule has 0 saturated heterocycles. The Kier molecular flexibility index (Phi) is 3.99. The Bertz CT molecular complexity index is 964. The summed E-state index contributed by atoms with van der Waals surface area (Å²) in [5.74, 6) is 0. The molecule has 0 bridgehead atoms. The van der Waals surface area contributed by atoms with Gasteiger partial charge < -0.3 is 4.90 Å². The Balaban J connectivity index is 1.74. The van der Waals surface area contributed by atoms with Gasteiger partial charge in [-0.1, -0.05) is 24.3 Å². The van der Waals surface area contributed by atoms with E-state index in [0.29, 0.717) is 10.3 Å². The second-order valence-electron chi connectivity index (χ2n) is 8.05. The van der Waals surface area contributed by atoms with Crippen LogP contribution >= 0.6 is 0 Å². The Hall–Kier alpha value is -2.07. The van der Waals surface area contributed by atoms with Crippen molar-refractivity contribution in [3.8, 4) is 0 Å². The van der Waals surface area contributed by atoms with Gasteiger partial charge in [-0.05, 0) is 77.6 Å². The van der Waals surface area contributed by atoms with Crippen LogP contribution in [0.15, 0.2) is 53.4 Å². The molecule has 0 radical (unpaired) electrons. The molecular formula is C22H25NO2S. The SMILES string of the molecule is CN(C)c1ccc(C2=C(c3ccc(S(C)(=O)=O)cc3)CC3(CC3)C2)cc1. The first-order chi connectivity index (χ1) is 12.3. The highest BCUT2D eigenvalue weighted by atomic mass is 32.2. The minimum Gasteiger partial charge on any atom is -0.378 e. The van der Waals surface area contributed by atoms with E-state index in [1.165, 1.54) is 41.5 Å². The van der Waals surface area contributed by atoms with Crippen LogP contribution in [0.5, 0.6) is 0 Å². The van der Waals surface area contributed by atoms with E-state index < -0.39 is 9.84 Å². The number of hydrogen-bond acceptors (Lipinski definition) is 3. The molecule has 1 saturated carbocycles. The second kappa shape index (κ2) is 5.98. The smallest absolute Gasteiger partial charge is 0.175 e. The van der Waals surface area contributed by atoms with Crippen molar-refractivity contribution in [2.24, 2.45) is 5.41 Å². The van der Waals surface area contributed by atoms with Crippen molar-refractivity contribution in [1.29, 1.82) is 0 Å². The van der Waals surface area contributed by atoms with Crippen molar-refractivity contribution in [3.05, 3.63) is 59.7 Å². The van der Waals surface area contributed by atoms with Crippen LogP contribution in [0, 0.1) is 5.41 Å². The molecule has 2 aliphatic carbocycles. The second-order valence-corrected chi connectivity index (χ2v) is 10.1. The first kappa shape index (κ1) is 17.3. The van der Waals surface area contributed by atoms with Crippen molar-refractivity contribution < 1.29 is 8.42 Å². The summed E-state index contributed by atoms with van der Waals surface area (Å²) in [4.78, 5) is 2.50. The number of sulfone groups is 1. The Labute approximate surface area is 156 Å². The highest BCUT2D eigenvalue weighted by Crippen LogP contribution is 2.63. The summed E-state index contributed by atoms with van der Waals surface area (Å²) in [5.41, 5.74) is 6.93. The fourth-order valence-electron chi connectivity index (χ4n) is 3.97. The zero-order valence-corrected chi connectivity index (χ0v) is 16.4. The molecule has 136 valence electrons. The summed E-state index contributed by atoms with van der Waals surface area (Å²) in [6.45, 7) is 0. The van der Waals surface area contributed by atoms with Crippen LogP contribution in [0.1, 0.15) is 36.8 Å². The molecule has 2 aliphatic rings. The van der Waals surface area contributed by atoms with E-state index in [0.717, 1.165) is 18.4 Å². The van der Waals surface area contributed by atoms with E-state index in [1.807, 2.05) is 12.1 Å². The first-order valence-electron chi connectivity index (χ1n) is 9.08. The summed E-state index contributed by atoms with van der Waals surface area (Å²) in [6.07, 6.45) is 6.11. The van der Waals surface area contributed by atoms with Crippen LogP contribution in [0.2, 0.25) is 0 Å². The summed E-state index contributed by atoms with van der Waals surface area (Å²) < 4.78 is 23.5. The largest absolute Gasteiger partial charge is 0.378 e. The Morgan fingerprint density at radius 2 is 1.27 bits per heavy atom. The normalized spacial score (nSPS) is 18.4. The minimum absolute atomic E-state index is 0.387. The average molecular weight is 368 g/mol. The molecule has 3 nitrogen and oxygen atoms in total. The number of allylic oxidation sites excluding steroid dienone is 2. The lowest BCUT2D eigenvalue weighted by Gasteiger charge is -2.14. The highest BCUT2D eigenvalue weighted by molar-refractivity contribution is 7.90. The standard InChI is InChI=1S/C22H25NO2S/c1-23(2)18-8-4-16(5-9-18)20-14-22(12-13-22)15-21(20)17-6-10-19(11-7-17)26(3,24)25/h4-11H,12-15H2,1-3H3. The number of rotatable bonds is 4. The molecule has 1 fully saturated rings. The lowest BCUT2D eigenvalue weighted by atomic mass is 9.97. The maximum absolute atomic E-state index is 11.7. The van der Waals surface area contributed by atoms with Crippen LogP contribution in [0.3, 0.4) is 0 Å². The summed E-state index contributed by atoms with van der Waals surface area (Å²) >= 11 is 0. The van der Waals surface area contributed by atoms with Crippen molar-refractivity contribution in [1.82, 2.24) is 0 Å². The lowest BCUT2D eigenvalue weighted by Crippen LogP contribution is -2.08. The van der Waals surface area contributed by atoms with Gasteiger partial charge in [0.15, 0.2) is 9.84 Å². The third-order valence-electron chi connectivity index (χ3n) is 5.79. The van der Waals surface area contributed by atoms with Gasteiger partial charge in [0.05, 0.1) is 4.90 Å².